The number of carboxylic acid groups (broad SMARTS) is 1. The van der Waals surface area contributed by atoms with E-state index in [2.05, 4.69) is 0 Å². The van der Waals surface area contributed by atoms with E-state index in [1.54, 1.807) is 24.0 Å². The fraction of sp³-hybridized carbons (Fsp3) is 0.467. The molecule has 1 amide bonds. The van der Waals surface area contributed by atoms with Crippen LogP contribution in [0.25, 0.3) is 0 Å². The van der Waals surface area contributed by atoms with E-state index in [0.29, 0.717) is 19.4 Å². The number of halogens is 1. The van der Waals surface area contributed by atoms with E-state index < -0.39 is 11.9 Å². The highest BCUT2D eigenvalue weighted by atomic mass is 19.1. The number of aliphatic carboxylic acids is 1. The normalized spacial score (nSPS) is 19.9. The van der Waals surface area contributed by atoms with Crippen molar-refractivity contribution in [3.05, 3.63) is 35.6 Å². The van der Waals surface area contributed by atoms with Gasteiger partial charge < -0.3 is 10.0 Å². The van der Waals surface area contributed by atoms with E-state index in [1.165, 1.54) is 12.1 Å². The van der Waals surface area contributed by atoms with Gasteiger partial charge in [-0.15, -0.1) is 0 Å². The smallest absolute Gasteiger partial charge is 0.308 e. The third-order valence-electron chi connectivity index (χ3n) is 3.70. The summed E-state index contributed by atoms with van der Waals surface area (Å²) in [5, 5.41) is 8.94. The molecule has 1 aliphatic rings. The van der Waals surface area contributed by atoms with Gasteiger partial charge in [0.25, 0.3) is 0 Å². The van der Waals surface area contributed by atoms with Gasteiger partial charge in [-0.05, 0) is 30.5 Å². The first-order chi connectivity index (χ1) is 9.47. The molecule has 0 radical (unpaired) electrons. The Bertz CT molecular complexity index is 518. The van der Waals surface area contributed by atoms with Crippen LogP contribution in [0.2, 0.25) is 0 Å². The minimum absolute atomic E-state index is 0.0574. The maximum atomic E-state index is 13.1. The van der Waals surface area contributed by atoms with Crippen LogP contribution >= 0.6 is 0 Å². The van der Waals surface area contributed by atoms with Gasteiger partial charge in [0.2, 0.25) is 5.91 Å². The zero-order valence-corrected chi connectivity index (χ0v) is 11.4. The van der Waals surface area contributed by atoms with Crippen LogP contribution in [0.1, 0.15) is 18.9 Å². The molecule has 1 saturated heterocycles. The zero-order valence-electron chi connectivity index (χ0n) is 11.4. The molecule has 4 nitrogen and oxygen atoms in total. The second-order valence-electron chi connectivity index (χ2n) is 5.34. The molecule has 1 fully saturated rings. The molecule has 0 bridgehead atoms. The van der Waals surface area contributed by atoms with Crippen molar-refractivity contribution < 1.29 is 19.1 Å². The van der Waals surface area contributed by atoms with Gasteiger partial charge in [0.05, 0.1) is 5.92 Å². The van der Waals surface area contributed by atoms with Crippen LogP contribution in [0.15, 0.2) is 24.3 Å². The lowest BCUT2D eigenvalue weighted by Gasteiger charge is -2.20. The van der Waals surface area contributed by atoms with Crippen LogP contribution in [-0.4, -0.2) is 35.0 Å². The maximum absolute atomic E-state index is 13.1. The van der Waals surface area contributed by atoms with E-state index in [0.717, 1.165) is 5.56 Å². The SMILES string of the molecule is C[C@H](Cc1cccc(F)c1)C(=O)N1CC[C@H](C(=O)O)C1. The minimum Gasteiger partial charge on any atom is -0.481 e. The number of carboxylic acids is 1. The van der Waals surface area contributed by atoms with E-state index in [1.807, 2.05) is 0 Å². The van der Waals surface area contributed by atoms with Crippen LogP contribution in [0.3, 0.4) is 0 Å². The Kier molecular flexibility index (Phi) is 4.37. The van der Waals surface area contributed by atoms with Gasteiger partial charge in [-0.3, -0.25) is 9.59 Å². The molecular formula is C15H18FNO3. The Morgan fingerprint density at radius 3 is 2.85 bits per heavy atom. The summed E-state index contributed by atoms with van der Waals surface area (Å²) in [7, 11) is 0. The molecule has 108 valence electrons. The van der Waals surface area contributed by atoms with Gasteiger partial charge >= 0.3 is 5.97 Å². The second-order valence-corrected chi connectivity index (χ2v) is 5.34. The van der Waals surface area contributed by atoms with Crippen molar-refractivity contribution >= 4 is 11.9 Å². The van der Waals surface area contributed by atoms with E-state index in [-0.39, 0.29) is 24.2 Å². The predicted molar refractivity (Wildman–Crippen MR) is 71.6 cm³/mol. The largest absolute Gasteiger partial charge is 0.481 e. The summed E-state index contributed by atoms with van der Waals surface area (Å²) >= 11 is 0. The van der Waals surface area contributed by atoms with Crippen LogP contribution in [0.4, 0.5) is 4.39 Å². The topological polar surface area (TPSA) is 57.6 Å². The average Bonchev–Trinajstić information content (AvgIpc) is 2.87. The van der Waals surface area contributed by atoms with Crippen molar-refractivity contribution in [3.63, 3.8) is 0 Å². The summed E-state index contributed by atoms with van der Waals surface area (Å²) in [6.45, 7) is 2.56. The molecule has 0 unspecified atom stereocenters. The number of carbonyl (C=O) groups excluding carboxylic acids is 1. The predicted octanol–water partition coefficient (Wildman–Crippen LogP) is 1.94. The number of hydrogen-bond acceptors (Lipinski definition) is 2. The summed E-state index contributed by atoms with van der Waals surface area (Å²) in [4.78, 5) is 24.7. The zero-order chi connectivity index (χ0) is 14.7. The second kappa shape index (κ2) is 6.03. The van der Waals surface area contributed by atoms with E-state index >= 15 is 0 Å². The lowest BCUT2D eigenvalue weighted by atomic mass is 10.00. The van der Waals surface area contributed by atoms with Gasteiger partial charge in [0.1, 0.15) is 5.82 Å². The molecule has 2 rings (SSSR count). The van der Waals surface area contributed by atoms with Crippen LogP contribution in [0.5, 0.6) is 0 Å². The molecule has 1 aliphatic heterocycles. The lowest BCUT2D eigenvalue weighted by molar-refractivity contribution is -0.141. The molecule has 1 aromatic carbocycles. The molecular weight excluding hydrogens is 261 g/mol. The first kappa shape index (κ1) is 14.5. The van der Waals surface area contributed by atoms with Crippen molar-refractivity contribution in [3.8, 4) is 0 Å². The lowest BCUT2D eigenvalue weighted by Crippen LogP contribution is -2.34. The Morgan fingerprint density at radius 1 is 1.50 bits per heavy atom. The first-order valence-corrected chi connectivity index (χ1v) is 6.73. The van der Waals surface area contributed by atoms with Gasteiger partial charge in [0.15, 0.2) is 0 Å². The van der Waals surface area contributed by atoms with E-state index in [9.17, 15) is 14.0 Å². The third kappa shape index (κ3) is 3.35. The average molecular weight is 279 g/mol. The number of likely N-dealkylation sites (tertiary alicyclic amines) is 1. The summed E-state index contributed by atoms with van der Waals surface area (Å²) in [5.74, 6) is -1.95. The van der Waals surface area contributed by atoms with Gasteiger partial charge in [0, 0.05) is 19.0 Å². The third-order valence-corrected chi connectivity index (χ3v) is 3.70. The van der Waals surface area contributed by atoms with Crippen molar-refractivity contribution in [2.24, 2.45) is 11.8 Å². The number of rotatable bonds is 4. The Balaban J connectivity index is 1.94. The summed E-state index contributed by atoms with van der Waals surface area (Å²) in [6, 6.07) is 6.21. The molecule has 1 N–H and O–H groups in total. The van der Waals surface area contributed by atoms with Crippen molar-refractivity contribution in [1.82, 2.24) is 4.90 Å². The maximum Gasteiger partial charge on any atom is 0.308 e. The Labute approximate surface area is 117 Å². The van der Waals surface area contributed by atoms with E-state index in [4.69, 9.17) is 5.11 Å². The van der Waals surface area contributed by atoms with Crippen molar-refractivity contribution in [2.45, 2.75) is 19.8 Å². The summed E-state index contributed by atoms with van der Waals surface area (Å²) < 4.78 is 13.1. The molecule has 1 aromatic rings. The number of hydrogen-bond donors (Lipinski definition) is 1. The van der Waals surface area contributed by atoms with Crippen LogP contribution in [0, 0.1) is 17.7 Å². The van der Waals surface area contributed by atoms with Gasteiger partial charge in [-0.25, -0.2) is 4.39 Å². The van der Waals surface area contributed by atoms with Gasteiger partial charge in [-0.1, -0.05) is 19.1 Å². The molecule has 20 heavy (non-hydrogen) atoms. The highest BCUT2D eigenvalue weighted by Gasteiger charge is 2.32. The Morgan fingerprint density at radius 2 is 2.25 bits per heavy atom. The van der Waals surface area contributed by atoms with Crippen LogP contribution < -0.4 is 0 Å². The summed E-state index contributed by atoms with van der Waals surface area (Å²) in [5.41, 5.74) is 0.778. The number of nitrogens with zero attached hydrogens (tertiary/aromatic N) is 1. The van der Waals surface area contributed by atoms with Crippen molar-refractivity contribution in [2.75, 3.05) is 13.1 Å². The molecule has 0 saturated carbocycles. The standard InChI is InChI=1S/C15H18FNO3/c1-10(7-11-3-2-4-13(16)8-11)14(18)17-6-5-12(9-17)15(19)20/h2-4,8,10,12H,5-7,9H2,1H3,(H,19,20)/t10-,12+/m1/s1. The first-order valence-electron chi connectivity index (χ1n) is 6.73. The number of amides is 1. The molecule has 0 spiro atoms. The monoisotopic (exact) mass is 279 g/mol. The Hall–Kier alpha value is -1.91. The molecule has 5 heteroatoms. The van der Waals surface area contributed by atoms with Gasteiger partial charge in [-0.2, -0.15) is 0 Å². The van der Waals surface area contributed by atoms with Crippen LogP contribution in [-0.2, 0) is 16.0 Å². The fourth-order valence-electron chi connectivity index (χ4n) is 2.58. The molecule has 0 aromatic heterocycles. The molecule has 2 atom stereocenters. The van der Waals surface area contributed by atoms with Crippen molar-refractivity contribution in [1.29, 1.82) is 0 Å². The molecule has 1 heterocycles. The number of carbonyl (C=O) groups is 2. The fourth-order valence-corrected chi connectivity index (χ4v) is 2.58. The summed E-state index contributed by atoms with van der Waals surface area (Å²) in [6.07, 6.45) is 0.971. The highest BCUT2D eigenvalue weighted by molar-refractivity contribution is 5.80. The quantitative estimate of drug-likeness (QED) is 0.916. The number of benzene rings is 1. The minimum atomic E-state index is -0.849. The molecule has 0 aliphatic carbocycles. The highest BCUT2D eigenvalue weighted by Crippen LogP contribution is 2.20.